The Hall–Kier alpha value is -4.61. The summed E-state index contributed by atoms with van der Waals surface area (Å²) in [7, 11) is 0. The van der Waals surface area contributed by atoms with Gasteiger partial charge in [-0.05, 0) is 68.4 Å². The largest absolute Gasteiger partial charge is 0.508 e. The number of hydrogen-bond acceptors (Lipinski definition) is 10. The monoisotopic (exact) mass is 580 g/mol. The van der Waals surface area contributed by atoms with Gasteiger partial charge in [-0.3, -0.25) is 9.69 Å². The van der Waals surface area contributed by atoms with E-state index in [1.54, 1.807) is 23.1 Å². The Morgan fingerprint density at radius 2 is 1.61 bits per heavy atom. The van der Waals surface area contributed by atoms with Gasteiger partial charge in [-0.25, -0.2) is 4.98 Å². The third kappa shape index (κ3) is 5.54. The van der Waals surface area contributed by atoms with Crippen molar-refractivity contribution >= 4 is 67.1 Å². The molecule has 2 N–H and O–H groups in total. The first-order chi connectivity index (χ1) is 19.9. The fraction of sp³-hybridized carbons (Fsp3) is 0.133. The number of carbonyl (C=O) groups excluding carboxylic acids is 1. The Kier molecular flexibility index (Phi) is 7.21. The van der Waals surface area contributed by atoms with Crippen LogP contribution in [0.4, 0.5) is 27.9 Å². The number of thioether (sulfide) groups is 1. The Morgan fingerprint density at radius 3 is 2.41 bits per heavy atom. The number of phenols is 2. The molecule has 0 saturated carbocycles. The van der Waals surface area contributed by atoms with Crippen LogP contribution >= 0.6 is 23.1 Å². The quantitative estimate of drug-likeness (QED) is 0.194. The number of aromatic nitrogens is 1. The van der Waals surface area contributed by atoms with Crippen LogP contribution in [0.3, 0.4) is 0 Å². The van der Waals surface area contributed by atoms with Crippen molar-refractivity contribution in [3.63, 3.8) is 0 Å². The summed E-state index contributed by atoms with van der Waals surface area (Å²) in [5.41, 5.74) is 4.39. The molecule has 1 aliphatic rings. The van der Waals surface area contributed by atoms with Gasteiger partial charge in [0.05, 0.1) is 32.5 Å². The summed E-state index contributed by atoms with van der Waals surface area (Å²) < 4.78 is 1.01. The third-order valence-electron chi connectivity index (χ3n) is 6.49. The number of thiazole rings is 1. The normalized spacial score (nSPS) is 17.4. The summed E-state index contributed by atoms with van der Waals surface area (Å²) in [5.74, 6) is -0.192. The third-order valence-corrected chi connectivity index (χ3v) is 8.74. The molecule has 2 heterocycles. The number of hydrogen-bond donors (Lipinski definition) is 2. The molecule has 11 heteroatoms. The Morgan fingerprint density at radius 1 is 0.854 bits per heavy atom. The molecule has 6 rings (SSSR count). The van der Waals surface area contributed by atoms with Crippen LogP contribution in [0.25, 0.3) is 10.2 Å². The van der Waals surface area contributed by atoms with E-state index in [2.05, 4.69) is 25.4 Å². The van der Waals surface area contributed by atoms with Crippen molar-refractivity contribution in [1.82, 2.24) is 4.98 Å². The average molecular weight is 581 g/mol. The molecule has 4 aromatic carbocycles. The number of aryl methyl sites for hydroxylation is 1. The topological polar surface area (TPSA) is 123 Å². The zero-order chi connectivity index (χ0) is 28.5. The van der Waals surface area contributed by atoms with E-state index < -0.39 is 10.6 Å². The minimum Gasteiger partial charge on any atom is -0.508 e. The fourth-order valence-electron chi connectivity index (χ4n) is 4.40. The molecule has 0 spiro atoms. The van der Waals surface area contributed by atoms with Gasteiger partial charge < -0.3 is 10.2 Å². The first-order valence-corrected chi connectivity index (χ1v) is 14.5. The summed E-state index contributed by atoms with van der Waals surface area (Å²) in [5, 5.41) is 38.2. The van der Waals surface area contributed by atoms with E-state index in [4.69, 9.17) is 0 Å². The number of rotatable bonds is 6. The standard InChI is InChI=1S/C30H24N6O3S2/c1-17-7-9-19(10-8-17)32-34-23-13-12-21(37)16-25(23)36-28(39)18(2)40-29(36)22-15-20(11-14-26(22)38)33-35-30-31-24-5-3-4-6-27(24)41-30/h3-16,18,29,37-38H,1-2H3. The molecular formula is C30H24N6O3S2. The zero-order valence-corrected chi connectivity index (χ0v) is 23.7. The zero-order valence-electron chi connectivity index (χ0n) is 22.0. The van der Waals surface area contributed by atoms with Gasteiger partial charge in [0.25, 0.3) is 0 Å². The van der Waals surface area contributed by atoms with Crippen molar-refractivity contribution in [3.05, 3.63) is 96.1 Å². The predicted molar refractivity (Wildman–Crippen MR) is 163 cm³/mol. The maximum atomic E-state index is 13.5. The van der Waals surface area contributed by atoms with Crippen LogP contribution in [0.1, 0.15) is 23.4 Å². The summed E-state index contributed by atoms with van der Waals surface area (Å²) in [6, 6.07) is 24.8. The molecule has 2 unspecified atom stereocenters. The summed E-state index contributed by atoms with van der Waals surface area (Å²) >= 11 is 2.81. The van der Waals surface area contributed by atoms with E-state index in [0.29, 0.717) is 33.4 Å². The van der Waals surface area contributed by atoms with Crippen molar-refractivity contribution in [2.24, 2.45) is 20.5 Å². The van der Waals surface area contributed by atoms with Crippen LogP contribution in [0.15, 0.2) is 105 Å². The number of azo groups is 2. The first-order valence-electron chi connectivity index (χ1n) is 12.8. The van der Waals surface area contributed by atoms with Crippen LogP contribution in [0, 0.1) is 6.92 Å². The van der Waals surface area contributed by atoms with Crippen LogP contribution < -0.4 is 4.90 Å². The second kappa shape index (κ2) is 11.1. The predicted octanol–water partition coefficient (Wildman–Crippen LogP) is 9.01. The molecule has 1 aromatic heterocycles. The Balaban J connectivity index is 1.35. The van der Waals surface area contributed by atoms with Gasteiger partial charge in [0, 0.05) is 11.6 Å². The van der Waals surface area contributed by atoms with Crippen molar-refractivity contribution in [2.45, 2.75) is 24.5 Å². The molecule has 0 radical (unpaired) electrons. The highest BCUT2D eigenvalue weighted by Gasteiger charge is 2.42. The van der Waals surface area contributed by atoms with Crippen molar-refractivity contribution < 1.29 is 15.0 Å². The molecule has 1 saturated heterocycles. The van der Waals surface area contributed by atoms with Crippen LogP contribution in [0.5, 0.6) is 11.5 Å². The van der Waals surface area contributed by atoms with Crippen LogP contribution in [0.2, 0.25) is 0 Å². The highest BCUT2D eigenvalue weighted by Crippen LogP contribution is 2.51. The highest BCUT2D eigenvalue weighted by molar-refractivity contribution is 8.01. The number of benzene rings is 4. The van der Waals surface area contributed by atoms with Crippen LogP contribution in [-0.2, 0) is 4.79 Å². The Bertz CT molecular complexity index is 1790. The molecule has 0 bridgehead atoms. The SMILES string of the molecule is Cc1ccc(N=Nc2ccc(O)cc2N2C(=O)C(C)SC2c2cc(N=Nc3nc4ccccc4s3)ccc2O)cc1. The minimum absolute atomic E-state index is 0.0105. The molecule has 1 amide bonds. The highest BCUT2D eigenvalue weighted by atomic mass is 32.2. The van der Waals surface area contributed by atoms with Gasteiger partial charge >= 0.3 is 0 Å². The van der Waals surface area contributed by atoms with E-state index in [0.717, 1.165) is 15.8 Å². The first kappa shape index (κ1) is 26.6. The van der Waals surface area contributed by atoms with Gasteiger partial charge in [-0.1, -0.05) is 41.2 Å². The molecule has 0 aliphatic carbocycles. The second-order valence-electron chi connectivity index (χ2n) is 9.45. The summed E-state index contributed by atoms with van der Waals surface area (Å²) in [6.07, 6.45) is 0. The number of amides is 1. The van der Waals surface area contributed by atoms with Gasteiger partial charge in [0.1, 0.15) is 22.6 Å². The molecule has 1 aliphatic heterocycles. The van der Waals surface area contributed by atoms with E-state index in [1.165, 1.54) is 41.3 Å². The number of carbonyl (C=O) groups is 1. The lowest BCUT2D eigenvalue weighted by Gasteiger charge is -2.26. The lowest BCUT2D eigenvalue weighted by atomic mass is 10.1. The summed E-state index contributed by atoms with van der Waals surface area (Å²) in [6.45, 7) is 3.80. The van der Waals surface area contributed by atoms with Crippen LogP contribution in [-0.4, -0.2) is 26.4 Å². The Labute approximate surface area is 243 Å². The van der Waals surface area contributed by atoms with Gasteiger partial charge in [-0.15, -0.1) is 27.1 Å². The lowest BCUT2D eigenvalue weighted by Crippen LogP contribution is -2.30. The van der Waals surface area contributed by atoms with Crippen molar-refractivity contribution in [3.8, 4) is 11.5 Å². The number of aromatic hydroxyl groups is 2. The lowest BCUT2D eigenvalue weighted by molar-refractivity contribution is -0.117. The van der Waals surface area contributed by atoms with Gasteiger partial charge in [0.15, 0.2) is 0 Å². The number of nitrogens with zero attached hydrogens (tertiary/aromatic N) is 6. The smallest absolute Gasteiger partial charge is 0.241 e. The number of phenolic OH excluding ortho intramolecular Hbond substituents is 2. The minimum atomic E-state index is -0.606. The maximum absolute atomic E-state index is 13.5. The fourth-order valence-corrected chi connectivity index (χ4v) is 6.48. The van der Waals surface area contributed by atoms with Crippen molar-refractivity contribution in [1.29, 1.82) is 0 Å². The van der Waals surface area contributed by atoms with E-state index in [1.807, 2.05) is 62.4 Å². The molecule has 2 atom stereocenters. The van der Waals surface area contributed by atoms with Gasteiger partial charge in [-0.2, -0.15) is 5.11 Å². The molecule has 9 nitrogen and oxygen atoms in total. The molecular weight excluding hydrogens is 557 g/mol. The molecule has 41 heavy (non-hydrogen) atoms. The average Bonchev–Trinajstić information content (AvgIpc) is 3.52. The molecule has 204 valence electrons. The second-order valence-corrected chi connectivity index (χ2v) is 11.9. The maximum Gasteiger partial charge on any atom is 0.241 e. The van der Waals surface area contributed by atoms with Crippen molar-refractivity contribution in [2.75, 3.05) is 4.90 Å². The van der Waals surface area contributed by atoms with E-state index >= 15 is 0 Å². The van der Waals surface area contributed by atoms with E-state index in [9.17, 15) is 15.0 Å². The van der Waals surface area contributed by atoms with Gasteiger partial charge in [0.2, 0.25) is 11.0 Å². The molecule has 5 aromatic rings. The van der Waals surface area contributed by atoms with E-state index in [-0.39, 0.29) is 17.4 Å². The summed E-state index contributed by atoms with van der Waals surface area (Å²) in [4.78, 5) is 19.5. The number of anilines is 1. The molecule has 1 fully saturated rings. The number of para-hydroxylation sites is 1. The number of fused-ring (bicyclic) bond motifs is 1.